The van der Waals surface area contributed by atoms with E-state index in [9.17, 15) is 14.9 Å². The number of fused-ring (bicyclic) bond motifs is 2. The highest BCUT2D eigenvalue weighted by atomic mass is 16.6. The number of anilines is 2. The summed E-state index contributed by atoms with van der Waals surface area (Å²) in [6.07, 6.45) is 0. The minimum atomic E-state index is -0.565. The SMILES string of the molecule is CC(C)(C)c1ccc([C@H]2c3c(-c4cccc([N+](=O)[O-])c4)n[nH]c(=O)c3Nc3nnnn32)cc1. The van der Waals surface area contributed by atoms with E-state index in [0.717, 1.165) is 11.1 Å². The second-order valence-electron chi connectivity index (χ2n) is 8.84. The average molecular weight is 444 g/mol. The molecule has 33 heavy (non-hydrogen) atoms. The third-order valence-electron chi connectivity index (χ3n) is 5.69. The Labute approximate surface area is 187 Å². The van der Waals surface area contributed by atoms with E-state index in [4.69, 9.17) is 0 Å². The number of nitrogens with one attached hydrogen (secondary N) is 2. The van der Waals surface area contributed by atoms with Crippen molar-refractivity contribution in [3.63, 3.8) is 0 Å². The molecule has 0 unspecified atom stereocenters. The molecule has 166 valence electrons. The Kier molecular flexibility index (Phi) is 4.55. The largest absolute Gasteiger partial charge is 0.318 e. The monoisotopic (exact) mass is 444 g/mol. The normalized spacial score (nSPS) is 14.8. The lowest BCUT2D eigenvalue weighted by molar-refractivity contribution is -0.384. The van der Waals surface area contributed by atoms with E-state index in [1.54, 1.807) is 16.8 Å². The van der Waals surface area contributed by atoms with Crippen molar-refractivity contribution >= 4 is 17.3 Å². The Morgan fingerprint density at radius 2 is 1.88 bits per heavy atom. The van der Waals surface area contributed by atoms with Crippen molar-refractivity contribution in [1.82, 2.24) is 30.4 Å². The number of nitro benzene ring substituents is 1. The third kappa shape index (κ3) is 3.43. The molecule has 2 aromatic heterocycles. The third-order valence-corrected chi connectivity index (χ3v) is 5.69. The molecular formula is C22H20N8O3. The fourth-order valence-corrected chi connectivity index (χ4v) is 4.00. The highest BCUT2D eigenvalue weighted by Crippen LogP contribution is 2.41. The molecule has 2 N–H and O–H groups in total. The van der Waals surface area contributed by atoms with Crippen LogP contribution >= 0.6 is 0 Å². The molecule has 0 amide bonds. The van der Waals surface area contributed by atoms with Crippen LogP contribution in [0.15, 0.2) is 53.3 Å². The number of rotatable bonds is 3. The molecule has 11 heteroatoms. The second kappa shape index (κ2) is 7.33. The van der Waals surface area contributed by atoms with Crippen LogP contribution < -0.4 is 10.9 Å². The van der Waals surface area contributed by atoms with E-state index in [1.165, 1.54) is 12.1 Å². The highest BCUT2D eigenvalue weighted by molar-refractivity contribution is 5.76. The molecule has 0 saturated carbocycles. The van der Waals surface area contributed by atoms with Crippen LogP contribution in [0.1, 0.15) is 43.5 Å². The van der Waals surface area contributed by atoms with Crippen LogP contribution in [-0.4, -0.2) is 35.3 Å². The van der Waals surface area contributed by atoms with Gasteiger partial charge in [-0.2, -0.15) is 9.78 Å². The molecule has 5 rings (SSSR count). The van der Waals surface area contributed by atoms with Crippen LogP contribution in [0, 0.1) is 10.1 Å². The molecule has 0 radical (unpaired) electrons. The summed E-state index contributed by atoms with van der Waals surface area (Å²) in [6, 6.07) is 13.6. The Morgan fingerprint density at radius 3 is 2.58 bits per heavy atom. The molecule has 4 aromatic rings. The number of hydrogen-bond donors (Lipinski definition) is 2. The predicted molar refractivity (Wildman–Crippen MR) is 120 cm³/mol. The molecule has 0 fully saturated rings. The zero-order valence-electron chi connectivity index (χ0n) is 18.1. The first-order chi connectivity index (χ1) is 15.7. The lowest BCUT2D eigenvalue weighted by Gasteiger charge is -2.28. The van der Waals surface area contributed by atoms with Gasteiger partial charge in [0.05, 0.1) is 10.6 Å². The van der Waals surface area contributed by atoms with Crippen LogP contribution in [0.25, 0.3) is 11.3 Å². The predicted octanol–water partition coefficient (Wildman–Crippen LogP) is 3.32. The van der Waals surface area contributed by atoms with Crippen LogP contribution in [0.3, 0.4) is 0 Å². The van der Waals surface area contributed by atoms with Crippen molar-refractivity contribution in [2.24, 2.45) is 0 Å². The Balaban J connectivity index is 1.75. The van der Waals surface area contributed by atoms with E-state index in [0.29, 0.717) is 22.8 Å². The number of H-pyrrole nitrogens is 1. The number of nitro groups is 1. The summed E-state index contributed by atoms with van der Waals surface area (Å²) in [5.74, 6) is 0.314. The summed E-state index contributed by atoms with van der Waals surface area (Å²) >= 11 is 0. The van der Waals surface area contributed by atoms with Gasteiger partial charge in [0.2, 0.25) is 5.95 Å². The lowest BCUT2D eigenvalue weighted by atomic mass is 9.85. The van der Waals surface area contributed by atoms with Crippen molar-refractivity contribution in [3.05, 3.63) is 85.7 Å². The maximum Gasteiger partial charge on any atom is 0.288 e. The molecule has 0 spiro atoms. The number of tetrazole rings is 1. The van der Waals surface area contributed by atoms with Crippen molar-refractivity contribution in [3.8, 4) is 11.3 Å². The molecule has 2 aromatic carbocycles. The molecule has 0 bridgehead atoms. The van der Waals surface area contributed by atoms with Crippen molar-refractivity contribution in [1.29, 1.82) is 0 Å². The van der Waals surface area contributed by atoms with Gasteiger partial charge in [-0.3, -0.25) is 14.9 Å². The minimum absolute atomic E-state index is 0.0304. The number of nitrogens with zero attached hydrogens (tertiary/aromatic N) is 6. The smallest absolute Gasteiger partial charge is 0.288 e. The van der Waals surface area contributed by atoms with Crippen molar-refractivity contribution < 1.29 is 4.92 Å². The Bertz CT molecular complexity index is 1430. The topological polar surface area (TPSA) is 145 Å². The summed E-state index contributed by atoms with van der Waals surface area (Å²) in [5.41, 5.74) is 3.12. The van der Waals surface area contributed by atoms with E-state index >= 15 is 0 Å². The van der Waals surface area contributed by atoms with Gasteiger partial charge in [-0.1, -0.05) is 62.3 Å². The van der Waals surface area contributed by atoms with Gasteiger partial charge in [0.1, 0.15) is 11.7 Å². The van der Waals surface area contributed by atoms with Gasteiger partial charge < -0.3 is 5.32 Å². The Hall–Kier alpha value is -4.41. The van der Waals surface area contributed by atoms with Crippen LogP contribution in [0.5, 0.6) is 0 Å². The summed E-state index contributed by atoms with van der Waals surface area (Å²) < 4.78 is 1.58. The average Bonchev–Trinajstić information content (AvgIpc) is 3.26. The summed E-state index contributed by atoms with van der Waals surface area (Å²) in [5, 5.41) is 33.0. The number of aromatic nitrogens is 6. The first kappa shape index (κ1) is 20.5. The molecule has 11 nitrogen and oxygen atoms in total. The van der Waals surface area contributed by atoms with Gasteiger partial charge in [0, 0.05) is 23.3 Å². The standard InChI is InChI=1S/C22H20N8O3/c1-22(2,3)14-9-7-12(8-10-14)19-16-17(13-5-4-6-15(11-13)30(32)33)24-25-20(31)18(16)23-21-26-27-28-29(19)21/h4-11,19H,1-3H3,(H,25,31)(H,23,26,28)/t19-/m0/s1. The lowest BCUT2D eigenvalue weighted by Crippen LogP contribution is -2.29. The van der Waals surface area contributed by atoms with Gasteiger partial charge in [0.25, 0.3) is 11.2 Å². The maximum absolute atomic E-state index is 12.8. The fraction of sp³-hybridized carbons (Fsp3) is 0.227. The number of benzene rings is 2. The van der Waals surface area contributed by atoms with E-state index in [1.807, 2.05) is 24.3 Å². The van der Waals surface area contributed by atoms with Gasteiger partial charge in [-0.05, 0) is 27.0 Å². The van der Waals surface area contributed by atoms with Gasteiger partial charge >= 0.3 is 0 Å². The number of non-ortho nitro benzene ring substituents is 1. The van der Waals surface area contributed by atoms with E-state index in [2.05, 4.69) is 51.8 Å². The first-order valence-electron chi connectivity index (χ1n) is 10.3. The molecule has 0 aliphatic carbocycles. The highest BCUT2D eigenvalue weighted by Gasteiger charge is 2.34. The van der Waals surface area contributed by atoms with Gasteiger partial charge in [-0.15, -0.1) is 0 Å². The van der Waals surface area contributed by atoms with Crippen LogP contribution in [0.4, 0.5) is 17.3 Å². The molecule has 0 saturated heterocycles. The fourth-order valence-electron chi connectivity index (χ4n) is 4.00. The number of aromatic amines is 1. The van der Waals surface area contributed by atoms with E-state index < -0.39 is 16.5 Å². The maximum atomic E-state index is 12.8. The second-order valence-corrected chi connectivity index (χ2v) is 8.84. The quantitative estimate of drug-likeness (QED) is 0.318. The summed E-state index contributed by atoms with van der Waals surface area (Å²) in [4.78, 5) is 23.6. The minimum Gasteiger partial charge on any atom is -0.318 e. The van der Waals surface area contributed by atoms with Crippen LogP contribution in [-0.2, 0) is 5.41 Å². The molecule has 1 aliphatic heterocycles. The molecule has 1 atom stereocenters. The zero-order chi connectivity index (χ0) is 23.3. The van der Waals surface area contributed by atoms with Crippen LogP contribution in [0.2, 0.25) is 0 Å². The summed E-state index contributed by atoms with van der Waals surface area (Å²) in [6.45, 7) is 6.39. The Morgan fingerprint density at radius 1 is 1.12 bits per heavy atom. The van der Waals surface area contributed by atoms with E-state index in [-0.39, 0.29) is 16.8 Å². The van der Waals surface area contributed by atoms with Crippen molar-refractivity contribution in [2.75, 3.05) is 5.32 Å². The molecular weight excluding hydrogens is 424 g/mol. The summed E-state index contributed by atoms with van der Waals surface area (Å²) in [7, 11) is 0. The molecule has 3 heterocycles. The van der Waals surface area contributed by atoms with Gasteiger partial charge in [0.15, 0.2) is 0 Å². The first-order valence-corrected chi connectivity index (χ1v) is 10.3. The zero-order valence-corrected chi connectivity index (χ0v) is 18.1. The van der Waals surface area contributed by atoms with Crippen molar-refractivity contribution in [2.45, 2.75) is 32.2 Å². The van der Waals surface area contributed by atoms with Gasteiger partial charge in [-0.25, -0.2) is 5.10 Å². The molecule has 1 aliphatic rings. The number of hydrogen-bond acceptors (Lipinski definition) is 8.